The van der Waals surface area contributed by atoms with Crippen LogP contribution in [0, 0.1) is 21.8 Å². The molecule has 1 fully saturated rings. The van der Waals surface area contributed by atoms with Crippen molar-refractivity contribution in [3.63, 3.8) is 0 Å². The first kappa shape index (κ1) is 16.1. The van der Waals surface area contributed by atoms with Crippen molar-refractivity contribution in [2.45, 2.75) is 65.8 Å². The molecule has 0 amide bonds. The molecule has 0 atom stereocenters. The summed E-state index contributed by atoms with van der Waals surface area (Å²) in [6.45, 7) is 9.38. The molecule has 1 N–H and O–H groups in total. The molecule has 1 aliphatic rings. The Bertz CT molecular complexity index is 445. The van der Waals surface area contributed by atoms with Gasteiger partial charge in [-0.25, -0.2) is 0 Å². The molecule has 1 nitrogen and oxygen atoms in total. The van der Waals surface area contributed by atoms with Crippen molar-refractivity contribution in [1.82, 2.24) is 0 Å². The van der Waals surface area contributed by atoms with Crippen LogP contribution in [0.3, 0.4) is 0 Å². The molecule has 20 heavy (non-hydrogen) atoms. The summed E-state index contributed by atoms with van der Waals surface area (Å²) < 4.78 is 1.36. The Labute approximate surface area is 138 Å². The van der Waals surface area contributed by atoms with Crippen LogP contribution in [0.1, 0.15) is 58.4 Å². The summed E-state index contributed by atoms with van der Waals surface area (Å²) in [7, 11) is 0. The van der Waals surface area contributed by atoms with Gasteiger partial charge in [-0.05, 0) is 84.2 Å². The number of anilines is 1. The minimum atomic E-state index is 0.518. The predicted octanol–water partition coefficient (Wildman–Crippen LogP) is 6.01. The highest BCUT2D eigenvalue weighted by molar-refractivity contribution is 14.1. The third kappa shape index (κ3) is 3.90. The molecule has 0 bridgehead atoms. The molecule has 1 saturated carbocycles. The smallest absolute Gasteiger partial charge is 0.0353 e. The highest BCUT2D eigenvalue weighted by atomic mass is 127. The third-order valence-corrected chi connectivity index (χ3v) is 6.45. The normalized spacial score (nSPS) is 23.6. The summed E-state index contributed by atoms with van der Waals surface area (Å²) in [6, 6.07) is 7.38. The number of hydrogen-bond acceptors (Lipinski definition) is 1. The SMILES string of the molecule is CCC(C)(C)C1CCC(Nc2ccc(C)c(I)c2)CC1. The topological polar surface area (TPSA) is 12.0 Å². The van der Waals surface area contributed by atoms with E-state index < -0.39 is 0 Å². The first-order valence-corrected chi connectivity index (χ1v) is 9.03. The molecule has 0 aromatic heterocycles. The second-order valence-electron chi connectivity index (χ2n) is 7.00. The van der Waals surface area contributed by atoms with E-state index in [2.05, 4.69) is 73.8 Å². The van der Waals surface area contributed by atoms with E-state index in [9.17, 15) is 0 Å². The molecule has 0 spiro atoms. The summed E-state index contributed by atoms with van der Waals surface area (Å²) in [4.78, 5) is 0. The molecule has 112 valence electrons. The Hall–Kier alpha value is -0.250. The first-order valence-electron chi connectivity index (χ1n) is 7.95. The summed E-state index contributed by atoms with van der Waals surface area (Å²) in [5.74, 6) is 0.906. The fourth-order valence-electron chi connectivity index (χ4n) is 3.23. The van der Waals surface area contributed by atoms with Crippen molar-refractivity contribution >= 4 is 28.3 Å². The number of aryl methyl sites for hydroxylation is 1. The molecule has 0 saturated heterocycles. The van der Waals surface area contributed by atoms with Crippen LogP contribution >= 0.6 is 22.6 Å². The first-order chi connectivity index (χ1) is 9.42. The molecule has 1 aliphatic carbocycles. The molecule has 2 rings (SSSR count). The monoisotopic (exact) mass is 385 g/mol. The predicted molar refractivity (Wildman–Crippen MR) is 97.3 cm³/mol. The van der Waals surface area contributed by atoms with Gasteiger partial charge in [-0.1, -0.05) is 33.3 Å². The van der Waals surface area contributed by atoms with Crippen LogP contribution in [-0.2, 0) is 0 Å². The molecule has 1 aromatic carbocycles. The lowest BCUT2D eigenvalue weighted by Crippen LogP contribution is -2.32. The second kappa shape index (κ2) is 6.67. The standard InChI is InChI=1S/C18H28IN/c1-5-18(3,4)14-7-10-15(11-8-14)20-16-9-6-13(2)17(19)12-16/h6,9,12,14-15,20H,5,7-8,10-11H2,1-4H3. The molecule has 1 aromatic rings. The summed E-state index contributed by atoms with van der Waals surface area (Å²) in [6.07, 6.45) is 6.69. The van der Waals surface area contributed by atoms with Crippen molar-refractivity contribution in [3.8, 4) is 0 Å². The average molecular weight is 385 g/mol. The van der Waals surface area contributed by atoms with E-state index in [0.29, 0.717) is 11.5 Å². The fraction of sp³-hybridized carbons (Fsp3) is 0.667. The minimum absolute atomic E-state index is 0.518. The minimum Gasteiger partial charge on any atom is -0.382 e. The quantitative estimate of drug-likeness (QED) is 0.626. The van der Waals surface area contributed by atoms with Gasteiger partial charge in [0.2, 0.25) is 0 Å². The van der Waals surface area contributed by atoms with Gasteiger partial charge in [0.15, 0.2) is 0 Å². The van der Waals surface area contributed by atoms with E-state index >= 15 is 0 Å². The second-order valence-corrected chi connectivity index (χ2v) is 8.16. The van der Waals surface area contributed by atoms with Crippen molar-refractivity contribution in [2.75, 3.05) is 5.32 Å². The highest BCUT2D eigenvalue weighted by Crippen LogP contribution is 2.40. The molecule has 2 heteroatoms. The van der Waals surface area contributed by atoms with Gasteiger partial charge in [0.05, 0.1) is 0 Å². The van der Waals surface area contributed by atoms with E-state index in [0.717, 1.165) is 5.92 Å². The van der Waals surface area contributed by atoms with Crippen LogP contribution < -0.4 is 5.32 Å². The lowest BCUT2D eigenvalue weighted by Gasteiger charge is -2.39. The zero-order valence-electron chi connectivity index (χ0n) is 13.3. The molecule has 0 radical (unpaired) electrons. The van der Waals surface area contributed by atoms with Crippen LogP contribution in [0.25, 0.3) is 0 Å². The van der Waals surface area contributed by atoms with Gasteiger partial charge >= 0.3 is 0 Å². The Morgan fingerprint density at radius 1 is 1.20 bits per heavy atom. The van der Waals surface area contributed by atoms with Crippen LogP contribution in [0.5, 0.6) is 0 Å². The Morgan fingerprint density at radius 3 is 2.40 bits per heavy atom. The number of halogens is 1. The van der Waals surface area contributed by atoms with E-state index in [1.54, 1.807) is 0 Å². The van der Waals surface area contributed by atoms with E-state index in [4.69, 9.17) is 0 Å². The maximum absolute atomic E-state index is 3.73. The van der Waals surface area contributed by atoms with Crippen molar-refractivity contribution in [2.24, 2.45) is 11.3 Å². The maximum atomic E-state index is 3.73. The van der Waals surface area contributed by atoms with Gasteiger partial charge in [-0.15, -0.1) is 0 Å². The van der Waals surface area contributed by atoms with Gasteiger partial charge in [0.25, 0.3) is 0 Å². The van der Waals surface area contributed by atoms with Crippen LogP contribution in [0.2, 0.25) is 0 Å². The molecule has 0 aliphatic heterocycles. The number of nitrogens with one attached hydrogen (secondary N) is 1. The summed E-state index contributed by atoms with van der Waals surface area (Å²) >= 11 is 2.42. The fourth-order valence-corrected chi connectivity index (χ4v) is 3.74. The van der Waals surface area contributed by atoms with Crippen molar-refractivity contribution in [3.05, 3.63) is 27.3 Å². The zero-order valence-corrected chi connectivity index (χ0v) is 15.5. The third-order valence-electron chi connectivity index (χ3n) is 5.29. The van der Waals surface area contributed by atoms with Gasteiger partial charge in [0.1, 0.15) is 0 Å². The Balaban J connectivity index is 1.90. The summed E-state index contributed by atoms with van der Waals surface area (Å²) in [5.41, 5.74) is 3.17. The van der Waals surface area contributed by atoms with E-state index in [1.807, 2.05) is 0 Å². The summed E-state index contributed by atoms with van der Waals surface area (Å²) in [5, 5.41) is 3.73. The van der Waals surface area contributed by atoms with E-state index in [1.165, 1.54) is 46.9 Å². The van der Waals surface area contributed by atoms with Gasteiger partial charge in [0, 0.05) is 15.3 Å². The lowest BCUT2D eigenvalue weighted by atomic mass is 9.69. The largest absolute Gasteiger partial charge is 0.382 e. The molecule has 0 unspecified atom stereocenters. The molecular weight excluding hydrogens is 357 g/mol. The molecular formula is C18H28IN. The van der Waals surface area contributed by atoms with Crippen LogP contribution in [0.4, 0.5) is 5.69 Å². The van der Waals surface area contributed by atoms with Crippen LogP contribution in [-0.4, -0.2) is 6.04 Å². The maximum Gasteiger partial charge on any atom is 0.0353 e. The van der Waals surface area contributed by atoms with Crippen molar-refractivity contribution < 1.29 is 0 Å². The zero-order chi connectivity index (χ0) is 14.8. The Morgan fingerprint density at radius 2 is 1.85 bits per heavy atom. The molecule has 0 heterocycles. The van der Waals surface area contributed by atoms with Crippen LogP contribution in [0.15, 0.2) is 18.2 Å². The van der Waals surface area contributed by atoms with Gasteiger partial charge in [-0.2, -0.15) is 0 Å². The lowest BCUT2D eigenvalue weighted by molar-refractivity contribution is 0.147. The number of benzene rings is 1. The van der Waals surface area contributed by atoms with Crippen molar-refractivity contribution in [1.29, 1.82) is 0 Å². The number of hydrogen-bond donors (Lipinski definition) is 1. The Kier molecular flexibility index (Phi) is 5.38. The number of rotatable bonds is 4. The highest BCUT2D eigenvalue weighted by Gasteiger charge is 2.31. The average Bonchev–Trinajstić information content (AvgIpc) is 2.43. The van der Waals surface area contributed by atoms with E-state index in [-0.39, 0.29) is 0 Å². The van der Waals surface area contributed by atoms with Gasteiger partial charge in [-0.3, -0.25) is 0 Å². The van der Waals surface area contributed by atoms with Gasteiger partial charge < -0.3 is 5.32 Å².